The molecule has 0 saturated carbocycles. The van der Waals surface area contributed by atoms with E-state index < -0.39 is 0 Å². The maximum absolute atomic E-state index is 4.06. The quantitative estimate of drug-likeness (QED) is 0.690. The Bertz CT molecular complexity index is 439. The molecule has 2 aromatic rings. The molecule has 2 nitrogen and oxygen atoms in total. The second-order valence-electron chi connectivity index (χ2n) is 3.10. The fourth-order valence-corrected chi connectivity index (χ4v) is 1.24. The second-order valence-corrected chi connectivity index (χ2v) is 3.10. The normalized spacial score (nSPS) is 11.5. The Balaban J connectivity index is 1.96. The topological polar surface area (TPSA) is 17.8 Å². The van der Waals surface area contributed by atoms with E-state index in [4.69, 9.17) is 0 Å². The zero-order valence-electron chi connectivity index (χ0n) is 8.32. The van der Waals surface area contributed by atoms with Gasteiger partial charge in [-0.05, 0) is 17.7 Å². The van der Waals surface area contributed by atoms with E-state index in [-0.39, 0.29) is 0 Å². The van der Waals surface area contributed by atoms with Gasteiger partial charge in [0.1, 0.15) is 0 Å². The SMILES string of the molecule is C(=C/n1cccn1)/C=C/c1ccccc1. The van der Waals surface area contributed by atoms with E-state index in [2.05, 4.69) is 23.3 Å². The summed E-state index contributed by atoms with van der Waals surface area (Å²) in [5.41, 5.74) is 1.20. The monoisotopic (exact) mass is 196 g/mol. The zero-order valence-corrected chi connectivity index (χ0v) is 8.32. The van der Waals surface area contributed by atoms with E-state index in [1.807, 2.05) is 48.8 Å². The Hall–Kier alpha value is -2.09. The second kappa shape index (κ2) is 4.96. The van der Waals surface area contributed by atoms with Gasteiger partial charge in [0.05, 0.1) is 0 Å². The summed E-state index contributed by atoms with van der Waals surface area (Å²) in [4.78, 5) is 0. The van der Waals surface area contributed by atoms with Crippen LogP contribution in [0.3, 0.4) is 0 Å². The molecular formula is C13H12N2. The van der Waals surface area contributed by atoms with Crippen molar-refractivity contribution < 1.29 is 0 Å². The molecule has 2 heteroatoms. The highest BCUT2D eigenvalue weighted by Gasteiger charge is 1.80. The Morgan fingerprint density at radius 2 is 1.87 bits per heavy atom. The predicted octanol–water partition coefficient (Wildman–Crippen LogP) is 3.07. The molecule has 74 valence electrons. The van der Waals surface area contributed by atoms with Crippen LogP contribution in [0.25, 0.3) is 12.3 Å². The first kappa shape index (κ1) is 9.46. The van der Waals surface area contributed by atoms with Crippen molar-refractivity contribution >= 4 is 12.3 Å². The average Bonchev–Trinajstić information content (AvgIpc) is 2.79. The molecule has 0 fully saturated rings. The highest BCUT2D eigenvalue weighted by Crippen LogP contribution is 2.00. The number of aromatic nitrogens is 2. The third-order valence-corrected chi connectivity index (χ3v) is 1.96. The Morgan fingerprint density at radius 3 is 2.60 bits per heavy atom. The van der Waals surface area contributed by atoms with E-state index in [9.17, 15) is 0 Å². The van der Waals surface area contributed by atoms with Crippen molar-refractivity contribution in [2.24, 2.45) is 0 Å². The Labute approximate surface area is 89.2 Å². The van der Waals surface area contributed by atoms with Crippen LogP contribution in [0, 0.1) is 0 Å². The molecule has 1 heterocycles. The summed E-state index contributed by atoms with van der Waals surface area (Å²) >= 11 is 0. The first-order chi connectivity index (χ1) is 7.45. The van der Waals surface area contributed by atoms with Gasteiger partial charge in [-0.25, -0.2) is 4.68 Å². The summed E-state index contributed by atoms with van der Waals surface area (Å²) in [5.74, 6) is 0. The van der Waals surface area contributed by atoms with E-state index in [1.165, 1.54) is 5.56 Å². The van der Waals surface area contributed by atoms with Crippen molar-refractivity contribution in [2.75, 3.05) is 0 Å². The lowest BCUT2D eigenvalue weighted by molar-refractivity contribution is 0.935. The summed E-state index contributed by atoms with van der Waals surface area (Å²) in [7, 11) is 0. The summed E-state index contributed by atoms with van der Waals surface area (Å²) < 4.78 is 1.76. The molecule has 0 unspecified atom stereocenters. The number of rotatable bonds is 3. The van der Waals surface area contributed by atoms with Crippen molar-refractivity contribution in [3.63, 3.8) is 0 Å². The number of nitrogens with zero attached hydrogens (tertiary/aromatic N) is 2. The maximum atomic E-state index is 4.06. The molecule has 0 aliphatic rings. The van der Waals surface area contributed by atoms with E-state index in [1.54, 1.807) is 10.9 Å². The first-order valence-corrected chi connectivity index (χ1v) is 4.84. The zero-order chi connectivity index (χ0) is 10.3. The minimum atomic E-state index is 1.20. The van der Waals surface area contributed by atoms with Crippen molar-refractivity contribution in [3.8, 4) is 0 Å². The van der Waals surface area contributed by atoms with Crippen molar-refractivity contribution in [1.82, 2.24) is 9.78 Å². The first-order valence-electron chi connectivity index (χ1n) is 4.84. The van der Waals surface area contributed by atoms with Crippen LogP contribution in [0.15, 0.2) is 60.9 Å². The van der Waals surface area contributed by atoms with Crippen molar-refractivity contribution in [2.45, 2.75) is 0 Å². The average molecular weight is 196 g/mol. The molecular weight excluding hydrogens is 184 g/mol. The highest BCUT2D eigenvalue weighted by atomic mass is 15.2. The number of hydrogen-bond donors (Lipinski definition) is 0. The lowest BCUT2D eigenvalue weighted by Gasteiger charge is -1.89. The minimum absolute atomic E-state index is 1.20. The van der Waals surface area contributed by atoms with Gasteiger partial charge in [-0.1, -0.05) is 42.5 Å². The van der Waals surface area contributed by atoms with Gasteiger partial charge in [0.2, 0.25) is 0 Å². The standard InChI is InChI=1S/C13H12N2/c1-2-7-13(8-3-1)9-4-5-11-15-12-6-10-14-15/h1-12H/b9-4+,11-5-. The van der Waals surface area contributed by atoms with E-state index in [0.29, 0.717) is 0 Å². The van der Waals surface area contributed by atoms with Gasteiger partial charge in [0, 0.05) is 18.6 Å². The largest absolute Gasteiger partial charge is 0.248 e. The van der Waals surface area contributed by atoms with Crippen LogP contribution in [0.1, 0.15) is 5.56 Å². The molecule has 0 N–H and O–H groups in total. The molecule has 0 aliphatic heterocycles. The van der Waals surface area contributed by atoms with Crippen LogP contribution in [-0.2, 0) is 0 Å². The van der Waals surface area contributed by atoms with Crippen molar-refractivity contribution in [1.29, 1.82) is 0 Å². The summed E-state index contributed by atoms with van der Waals surface area (Å²) in [6, 6.07) is 12.1. The van der Waals surface area contributed by atoms with Gasteiger partial charge in [0.25, 0.3) is 0 Å². The molecule has 0 amide bonds. The summed E-state index contributed by atoms with van der Waals surface area (Å²) in [5, 5.41) is 4.06. The van der Waals surface area contributed by atoms with Gasteiger partial charge >= 0.3 is 0 Å². The van der Waals surface area contributed by atoms with Crippen LogP contribution >= 0.6 is 0 Å². The maximum Gasteiger partial charge on any atom is 0.0493 e. The van der Waals surface area contributed by atoms with E-state index >= 15 is 0 Å². The number of benzene rings is 1. The summed E-state index contributed by atoms with van der Waals surface area (Å²) in [6.45, 7) is 0. The molecule has 0 spiro atoms. The van der Waals surface area contributed by atoms with Crippen LogP contribution in [-0.4, -0.2) is 9.78 Å². The Kier molecular flexibility index (Phi) is 3.13. The lowest BCUT2D eigenvalue weighted by atomic mass is 10.2. The fraction of sp³-hybridized carbons (Fsp3) is 0. The Morgan fingerprint density at radius 1 is 1.00 bits per heavy atom. The molecule has 0 bridgehead atoms. The molecule has 0 radical (unpaired) electrons. The molecule has 1 aromatic carbocycles. The molecule has 1 aromatic heterocycles. The molecule has 0 atom stereocenters. The number of allylic oxidation sites excluding steroid dienone is 2. The van der Waals surface area contributed by atoms with Crippen LogP contribution in [0.2, 0.25) is 0 Å². The third kappa shape index (κ3) is 2.95. The van der Waals surface area contributed by atoms with E-state index in [0.717, 1.165) is 0 Å². The van der Waals surface area contributed by atoms with Gasteiger partial charge in [-0.15, -0.1) is 0 Å². The van der Waals surface area contributed by atoms with Gasteiger partial charge in [-0.2, -0.15) is 5.10 Å². The van der Waals surface area contributed by atoms with Crippen LogP contribution in [0.4, 0.5) is 0 Å². The minimum Gasteiger partial charge on any atom is -0.248 e. The van der Waals surface area contributed by atoms with Crippen molar-refractivity contribution in [3.05, 3.63) is 66.5 Å². The molecule has 0 saturated heterocycles. The smallest absolute Gasteiger partial charge is 0.0493 e. The fourth-order valence-electron chi connectivity index (χ4n) is 1.24. The number of hydrogen-bond acceptors (Lipinski definition) is 1. The van der Waals surface area contributed by atoms with Crippen LogP contribution in [0.5, 0.6) is 0 Å². The molecule has 2 rings (SSSR count). The molecule has 0 aliphatic carbocycles. The third-order valence-electron chi connectivity index (χ3n) is 1.96. The lowest BCUT2D eigenvalue weighted by Crippen LogP contribution is -1.82. The molecule has 15 heavy (non-hydrogen) atoms. The highest BCUT2D eigenvalue weighted by molar-refractivity contribution is 5.52. The predicted molar refractivity (Wildman–Crippen MR) is 63.0 cm³/mol. The summed E-state index contributed by atoms with van der Waals surface area (Å²) in [6.07, 6.45) is 11.6. The van der Waals surface area contributed by atoms with Gasteiger partial charge in [-0.3, -0.25) is 0 Å². The van der Waals surface area contributed by atoms with Crippen LogP contribution < -0.4 is 0 Å². The van der Waals surface area contributed by atoms with Gasteiger partial charge in [0.15, 0.2) is 0 Å². The van der Waals surface area contributed by atoms with Gasteiger partial charge < -0.3 is 0 Å².